The SMILES string of the molecule is CN(C)C[C@@H]1CN(/N=C/c2ccc([N+](=O)[O-])o2)C(=O)O1. The number of carbonyl (C=O) groups is 1. The Kier molecular flexibility index (Phi) is 3.99. The summed E-state index contributed by atoms with van der Waals surface area (Å²) in [4.78, 5) is 23.2. The number of cyclic esters (lactones) is 1. The molecule has 1 aliphatic heterocycles. The lowest BCUT2D eigenvalue weighted by molar-refractivity contribution is -0.402. The lowest BCUT2D eigenvalue weighted by Gasteiger charge is -2.13. The average Bonchev–Trinajstić information content (AvgIpc) is 2.93. The Hall–Kier alpha value is -2.42. The van der Waals surface area contributed by atoms with Crippen LogP contribution in [0.2, 0.25) is 0 Å². The summed E-state index contributed by atoms with van der Waals surface area (Å²) in [7, 11) is 3.75. The maximum atomic E-state index is 11.5. The molecule has 1 saturated heterocycles. The Bertz CT molecular complexity index is 539. The highest BCUT2D eigenvalue weighted by molar-refractivity contribution is 5.78. The van der Waals surface area contributed by atoms with Crippen LogP contribution in [0.1, 0.15) is 5.76 Å². The summed E-state index contributed by atoms with van der Waals surface area (Å²) in [5, 5.41) is 15.5. The number of furan rings is 1. The molecule has 1 atom stereocenters. The molecule has 0 N–H and O–H groups in total. The standard InChI is InChI=1S/C11H14N4O5/c1-13(2)6-9-7-14(11(16)20-9)12-5-8-3-4-10(19-8)15(17)18/h3-5,9H,6-7H2,1-2H3/b12-5+/t9-/m1/s1. The second-order valence-corrected chi connectivity index (χ2v) is 4.53. The van der Waals surface area contributed by atoms with E-state index in [0.29, 0.717) is 13.1 Å². The first-order valence-electron chi connectivity index (χ1n) is 5.87. The van der Waals surface area contributed by atoms with Crippen LogP contribution < -0.4 is 0 Å². The summed E-state index contributed by atoms with van der Waals surface area (Å²) in [6.07, 6.45) is 0.446. The highest BCUT2D eigenvalue weighted by Crippen LogP contribution is 2.15. The van der Waals surface area contributed by atoms with Crippen molar-refractivity contribution in [3.8, 4) is 0 Å². The molecule has 1 aliphatic rings. The molecule has 0 radical (unpaired) electrons. The monoisotopic (exact) mass is 282 g/mol. The number of ether oxygens (including phenoxy) is 1. The van der Waals surface area contributed by atoms with Gasteiger partial charge in [-0.1, -0.05) is 0 Å². The Balaban J connectivity index is 1.97. The highest BCUT2D eigenvalue weighted by atomic mass is 16.6. The van der Waals surface area contributed by atoms with Crippen LogP contribution in [0.4, 0.5) is 10.7 Å². The largest absolute Gasteiger partial charge is 0.441 e. The van der Waals surface area contributed by atoms with Crippen LogP contribution in [0.25, 0.3) is 0 Å². The van der Waals surface area contributed by atoms with Gasteiger partial charge in [-0.3, -0.25) is 10.1 Å². The number of hydrazone groups is 1. The molecule has 1 amide bonds. The average molecular weight is 282 g/mol. The second-order valence-electron chi connectivity index (χ2n) is 4.53. The fourth-order valence-electron chi connectivity index (χ4n) is 1.74. The number of likely N-dealkylation sites (N-methyl/N-ethyl adjacent to an activating group) is 1. The molecule has 1 aromatic heterocycles. The molecule has 0 bridgehead atoms. The Morgan fingerprint density at radius 3 is 2.95 bits per heavy atom. The summed E-state index contributed by atoms with van der Waals surface area (Å²) >= 11 is 0. The van der Waals surface area contributed by atoms with Crippen LogP contribution >= 0.6 is 0 Å². The number of hydrogen-bond acceptors (Lipinski definition) is 7. The summed E-state index contributed by atoms with van der Waals surface area (Å²) in [6.45, 7) is 0.931. The topological polar surface area (TPSA) is 101 Å². The van der Waals surface area contributed by atoms with Gasteiger partial charge in [0.2, 0.25) is 0 Å². The third-order valence-electron chi connectivity index (χ3n) is 2.54. The van der Waals surface area contributed by atoms with Crippen LogP contribution in [0.3, 0.4) is 0 Å². The van der Waals surface area contributed by atoms with Crippen molar-refractivity contribution in [2.75, 3.05) is 27.2 Å². The van der Waals surface area contributed by atoms with Crippen molar-refractivity contribution in [2.24, 2.45) is 5.10 Å². The van der Waals surface area contributed by atoms with E-state index in [-0.39, 0.29) is 17.7 Å². The Morgan fingerprint density at radius 2 is 2.35 bits per heavy atom. The quantitative estimate of drug-likeness (QED) is 0.452. The molecule has 0 aromatic carbocycles. The van der Waals surface area contributed by atoms with E-state index in [9.17, 15) is 14.9 Å². The van der Waals surface area contributed by atoms with Gasteiger partial charge in [-0.25, -0.2) is 4.79 Å². The van der Waals surface area contributed by atoms with Gasteiger partial charge in [0.25, 0.3) is 0 Å². The van der Waals surface area contributed by atoms with Crippen molar-refractivity contribution in [3.05, 3.63) is 28.0 Å². The van der Waals surface area contributed by atoms with Crippen molar-refractivity contribution < 1.29 is 18.9 Å². The lowest BCUT2D eigenvalue weighted by Crippen LogP contribution is -2.28. The van der Waals surface area contributed by atoms with E-state index in [4.69, 9.17) is 9.15 Å². The zero-order valence-corrected chi connectivity index (χ0v) is 11.1. The van der Waals surface area contributed by atoms with E-state index in [1.807, 2.05) is 19.0 Å². The molecule has 2 rings (SSSR count). The first-order valence-corrected chi connectivity index (χ1v) is 5.87. The van der Waals surface area contributed by atoms with Crippen LogP contribution in [-0.2, 0) is 4.74 Å². The fraction of sp³-hybridized carbons (Fsp3) is 0.455. The number of amides is 1. The third kappa shape index (κ3) is 3.32. The van der Waals surface area contributed by atoms with Crippen molar-refractivity contribution in [1.29, 1.82) is 0 Å². The molecular formula is C11H14N4O5. The van der Waals surface area contributed by atoms with Gasteiger partial charge >= 0.3 is 12.0 Å². The van der Waals surface area contributed by atoms with E-state index in [1.165, 1.54) is 18.3 Å². The van der Waals surface area contributed by atoms with Gasteiger partial charge in [0.15, 0.2) is 5.76 Å². The van der Waals surface area contributed by atoms with Crippen molar-refractivity contribution in [1.82, 2.24) is 9.91 Å². The number of rotatable bonds is 5. The molecule has 9 nitrogen and oxygen atoms in total. The summed E-state index contributed by atoms with van der Waals surface area (Å²) in [5.41, 5.74) is 0. The first kappa shape index (κ1) is 14.0. The number of carbonyl (C=O) groups excluding carboxylic acids is 1. The molecule has 9 heteroatoms. The molecule has 0 unspecified atom stereocenters. The minimum atomic E-state index is -0.644. The second kappa shape index (κ2) is 5.70. The van der Waals surface area contributed by atoms with Crippen LogP contribution in [0.15, 0.2) is 21.7 Å². The van der Waals surface area contributed by atoms with Crippen LogP contribution in [0.5, 0.6) is 0 Å². The van der Waals surface area contributed by atoms with Crippen molar-refractivity contribution in [2.45, 2.75) is 6.10 Å². The molecule has 0 aliphatic carbocycles. The normalized spacial score (nSPS) is 19.1. The van der Waals surface area contributed by atoms with E-state index in [1.54, 1.807) is 0 Å². The molecule has 1 aromatic rings. The van der Waals surface area contributed by atoms with Crippen molar-refractivity contribution in [3.63, 3.8) is 0 Å². The molecule has 0 saturated carbocycles. The molecule has 2 heterocycles. The summed E-state index contributed by atoms with van der Waals surface area (Å²) < 4.78 is 10.0. The van der Waals surface area contributed by atoms with Gasteiger partial charge in [-0.05, 0) is 20.2 Å². The Labute approximate surface area is 114 Å². The maximum absolute atomic E-state index is 11.5. The highest BCUT2D eigenvalue weighted by Gasteiger charge is 2.31. The molecule has 108 valence electrons. The smallest absolute Gasteiger partial charge is 0.433 e. The zero-order chi connectivity index (χ0) is 14.7. The lowest BCUT2D eigenvalue weighted by atomic mass is 10.3. The fourth-order valence-corrected chi connectivity index (χ4v) is 1.74. The van der Waals surface area contributed by atoms with E-state index in [2.05, 4.69) is 5.10 Å². The van der Waals surface area contributed by atoms with Gasteiger partial charge in [0.05, 0.1) is 18.8 Å². The molecular weight excluding hydrogens is 268 g/mol. The molecule has 0 spiro atoms. The Morgan fingerprint density at radius 1 is 1.60 bits per heavy atom. The summed E-state index contributed by atoms with van der Waals surface area (Å²) in [6, 6.07) is 2.62. The minimum Gasteiger partial charge on any atom is -0.441 e. The maximum Gasteiger partial charge on any atom is 0.433 e. The number of nitro groups is 1. The molecule has 1 fully saturated rings. The van der Waals surface area contributed by atoms with Gasteiger partial charge in [0.1, 0.15) is 11.0 Å². The predicted octanol–water partition coefficient (Wildman–Crippen LogP) is 0.904. The minimum absolute atomic E-state index is 0.195. The number of nitrogens with zero attached hydrogens (tertiary/aromatic N) is 4. The third-order valence-corrected chi connectivity index (χ3v) is 2.54. The van der Waals surface area contributed by atoms with Crippen LogP contribution in [-0.4, -0.2) is 60.4 Å². The molecule has 20 heavy (non-hydrogen) atoms. The van der Waals surface area contributed by atoms with E-state index in [0.717, 1.165) is 5.01 Å². The van der Waals surface area contributed by atoms with Gasteiger partial charge in [0, 0.05) is 6.54 Å². The van der Waals surface area contributed by atoms with Crippen LogP contribution in [0, 0.1) is 10.1 Å². The van der Waals surface area contributed by atoms with Gasteiger partial charge in [-0.15, -0.1) is 0 Å². The van der Waals surface area contributed by atoms with Crippen molar-refractivity contribution >= 4 is 18.2 Å². The number of hydrogen-bond donors (Lipinski definition) is 0. The van der Waals surface area contributed by atoms with E-state index >= 15 is 0 Å². The summed E-state index contributed by atoms with van der Waals surface area (Å²) in [5.74, 6) is -0.179. The first-order chi connectivity index (χ1) is 9.45. The van der Waals surface area contributed by atoms with Gasteiger partial charge < -0.3 is 14.1 Å². The zero-order valence-electron chi connectivity index (χ0n) is 11.1. The van der Waals surface area contributed by atoms with Gasteiger partial charge in [-0.2, -0.15) is 10.1 Å². The van der Waals surface area contributed by atoms with E-state index < -0.39 is 11.0 Å². The predicted molar refractivity (Wildman–Crippen MR) is 68.5 cm³/mol.